The molecule has 0 saturated carbocycles. The molecule has 0 bridgehead atoms. The normalized spacial score (nSPS) is 11.1. The summed E-state index contributed by atoms with van der Waals surface area (Å²) in [6.45, 7) is 0.935. The molecule has 0 unspecified atom stereocenters. The van der Waals surface area contributed by atoms with Gasteiger partial charge in [0.05, 0.1) is 4.92 Å². The van der Waals surface area contributed by atoms with E-state index in [4.69, 9.17) is 0 Å². The minimum atomic E-state index is -4.89. The molecule has 1 rings (SSSR count). The van der Waals surface area contributed by atoms with Gasteiger partial charge in [-0.3, -0.25) is 14.9 Å². The number of hydrogen-bond donors (Lipinski definition) is 0. The highest BCUT2D eigenvalue weighted by atomic mass is 19.4. The van der Waals surface area contributed by atoms with Crippen molar-refractivity contribution in [2.24, 2.45) is 0 Å². The smallest absolute Gasteiger partial charge is 0.419 e. The van der Waals surface area contributed by atoms with Crippen molar-refractivity contribution in [2.45, 2.75) is 13.1 Å². The Balaban J connectivity index is 3.43. The van der Waals surface area contributed by atoms with Crippen LogP contribution in [0, 0.1) is 10.1 Å². The van der Waals surface area contributed by atoms with Crippen molar-refractivity contribution in [1.82, 2.24) is 0 Å². The molecule has 1 aromatic rings. The quantitative estimate of drug-likeness (QED) is 0.349. The van der Waals surface area contributed by atoms with E-state index in [9.17, 15) is 28.1 Å². The van der Waals surface area contributed by atoms with Crippen molar-refractivity contribution in [3.8, 4) is 5.75 Å². The van der Waals surface area contributed by atoms with Crippen LogP contribution in [-0.4, -0.2) is 10.9 Å². The van der Waals surface area contributed by atoms with Crippen LogP contribution in [-0.2, 0) is 11.0 Å². The number of hydrogen-bond acceptors (Lipinski definition) is 4. The molecule has 1 aromatic carbocycles. The van der Waals surface area contributed by atoms with E-state index >= 15 is 0 Å². The van der Waals surface area contributed by atoms with Crippen molar-refractivity contribution in [1.29, 1.82) is 0 Å². The van der Waals surface area contributed by atoms with Gasteiger partial charge in [-0.25, -0.2) is 0 Å². The van der Waals surface area contributed by atoms with E-state index < -0.39 is 34.1 Å². The molecule has 5 nitrogen and oxygen atoms in total. The lowest BCUT2D eigenvalue weighted by Crippen LogP contribution is -2.11. The Labute approximate surface area is 93.0 Å². The first-order valence-electron chi connectivity index (χ1n) is 4.26. The van der Waals surface area contributed by atoms with Crippen molar-refractivity contribution < 1.29 is 27.6 Å². The zero-order valence-electron chi connectivity index (χ0n) is 8.45. The number of esters is 1. The summed E-state index contributed by atoms with van der Waals surface area (Å²) >= 11 is 0. The Morgan fingerprint density at radius 1 is 1.41 bits per heavy atom. The van der Waals surface area contributed by atoms with Crippen LogP contribution in [0.2, 0.25) is 0 Å². The molecule has 0 amide bonds. The third kappa shape index (κ3) is 2.92. The van der Waals surface area contributed by atoms with E-state index in [1.54, 1.807) is 0 Å². The third-order valence-corrected chi connectivity index (χ3v) is 1.74. The topological polar surface area (TPSA) is 69.4 Å². The van der Waals surface area contributed by atoms with Gasteiger partial charge in [-0.1, -0.05) is 6.07 Å². The van der Waals surface area contributed by atoms with Gasteiger partial charge in [-0.05, 0) is 12.1 Å². The molecule has 8 heteroatoms. The van der Waals surface area contributed by atoms with E-state index in [-0.39, 0.29) is 0 Å². The minimum absolute atomic E-state index is 0.547. The van der Waals surface area contributed by atoms with E-state index in [1.165, 1.54) is 0 Å². The summed E-state index contributed by atoms with van der Waals surface area (Å²) in [7, 11) is 0. The first kappa shape index (κ1) is 12.9. The number of halogens is 3. The molecule has 0 radical (unpaired) electrons. The molecular formula is C9H6F3NO4. The maximum absolute atomic E-state index is 12.5. The molecule has 0 heterocycles. The summed E-state index contributed by atoms with van der Waals surface area (Å²) in [5.74, 6) is -1.66. The fourth-order valence-electron chi connectivity index (χ4n) is 1.18. The fraction of sp³-hybridized carbons (Fsp3) is 0.222. The monoisotopic (exact) mass is 249 g/mol. The lowest BCUT2D eigenvalue weighted by Gasteiger charge is -2.09. The average Bonchev–Trinajstić information content (AvgIpc) is 2.14. The predicted molar refractivity (Wildman–Crippen MR) is 49.4 cm³/mol. The second kappa shape index (κ2) is 4.40. The summed E-state index contributed by atoms with van der Waals surface area (Å²) in [5.41, 5.74) is -2.73. The largest absolute Gasteiger partial charge is 0.423 e. The lowest BCUT2D eigenvalue weighted by atomic mass is 10.1. The number of benzene rings is 1. The molecular weight excluding hydrogens is 243 g/mol. The number of carbonyl (C=O) groups is 1. The van der Waals surface area contributed by atoms with Crippen molar-refractivity contribution in [3.63, 3.8) is 0 Å². The summed E-state index contributed by atoms with van der Waals surface area (Å²) in [6, 6.07) is 2.40. The van der Waals surface area contributed by atoms with Gasteiger partial charge in [0.15, 0.2) is 0 Å². The second-order valence-electron chi connectivity index (χ2n) is 3.00. The fourth-order valence-corrected chi connectivity index (χ4v) is 1.18. The summed E-state index contributed by atoms with van der Waals surface area (Å²) in [4.78, 5) is 20.0. The molecule has 0 aromatic heterocycles. The van der Waals surface area contributed by atoms with E-state index in [1.807, 2.05) is 0 Å². The zero-order chi connectivity index (χ0) is 13.2. The van der Waals surface area contributed by atoms with Gasteiger partial charge in [0.25, 0.3) is 0 Å². The standard InChI is InChI=1S/C9H6F3NO4/c1-5(14)17-7-4-2-3-6(9(10,11)12)8(7)13(15)16/h2-4H,1H3. The number of nitrogens with zero attached hydrogens (tertiary/aromatic N) is 1. The van der Waals surface area contributed by atoms with Crippen LogP contribution in [0.15, 0.2) is 18.2 Å². The highest BCUT2D eigenvalue weighted by Gasteiger charge is 2.40. The van der Waals surface area contributed by atoms with Crippen LogP contribution in [0.4, 0.5) is 18.9 Å². The number of carbonyl (C=O) groups excluding carboxylic acids is 1. The van der Waals surface area contributed by atoms with E-state index in [0.29, 0.717) is 6.07 Å². The first-order chi connectivity index (χ1) is 7.73. The van der Waals surface area contributed by atoms with Crippen LogP contribution < -0.4 is 4.74 Å². The molecule has 0 spiro atoms. The van der Waals surface area contributed by atoms with Crippen molar-refractivity contribution >= 4 is 11.7 Å². The number of para-hydroxylation sites is 1. The zero-order valence-corrected chi connectivity index (χ0v) is 8.45. The Kier molecular flexibility index (Phi) is 3.35. The lowest BCUT2D eigenvalue weighted by molar-refractivity contribution is -0.388. The Morgan fingerprint density at radius 2 is 2.00 bits per heavy atom. The van der Waals surface area contributed by atoms with Crippen LogP contribution >= 0.6 is 0 Å². The van der Waals surface area contributed by atoms with E-state index in [0.717, 1.165) is 19.1 Å². The number of rotatable bonds is 2. The second-order valence-corrected chi connectivity index (χ2v) is 3.00. The number of nitro benzene ring substituents is 1. The molecule has 0 saturated heterocycles. The maximum Gasteiger partial charge on any atom is 0.423 e. The van der Waals surface area contributed by atoms with Gasteiger partial charge in [-0.15, -0.1) is 0 Å². The molecule has 0 aliphatic rings. The Morgan fingerprint density at radius 3 is 2.41 bits per heavy atom. The highest BCUT2D eigenvalue weighted by Crippen LogP contribution is 2.40. The maximum atomic E-state index is 12.5. The summed E-state index contributed by atoms with van der Waals surface area (Å²) in [6.07, 6.45) is -4.89. The Bertz CT molecular complexity index is 470. The van der Waals surface area contributed by atoms with Crippen LogP contribution in [0.3, 0.4) is 0 Å². The van der Waals surface area contributed by atoms with Crippen molar-refractivity contribution in [3.05, 3.63) is 33.9 Å². The molecule has 17 heavy (non-hydrogen) atoms. The van der Waals surface area contributed by atoms with Gasteiger partial charge in [0, 0.05) is 6.92 Å². The third-order valence-electron chi connectivity index (χ3n) is 1.74. The highest BCUT2D eigenvalue weighted by molar-refractivity contribution is 5.71. The van der Waals surface area contributed by atoms with Crippen LogP contribution in [0.5, 0.6) is 5.75 Å². The molecule has 0 aliphatic heterocycles. The summed E-state index contributed by atoms with van der Waals surface area (Å²) in [5, 5.41) is 10.6. The molecule has 0 atom stereocenters. The molecule has 0 N–H and O–H groups in total. The molecule has 0 aliphatic carbocycles. The van der Waals surface area contributed by atoms with Gasteiger partial charge in [0.1, 0.15) is 5.56 Å². The van der Waals surface area contributed by atoms with E-state index in [2.05, 4.69) is 4.74 Å². The summed E-state index contributed by atoms with van der Waals surface area (Å²) < 4.78 is 41.8. The minimum Gasteiger partial charge on any atom is -0.419 e. The average molecular weight is 249 g/mol. The molecule has 0 fully saturated rings. The number of ether oxygens (including phenoxy) is 1. The Hall–Kier alpha value is -2.12. The SMILES string of the molecule is CC(=O)Oc1cccc(C(F)(F)F)c1[N+](=O)[O-]. The van der Waals surface area contributed by atoms with Crippen LogP contribution in [0.1, 0.15) is 12.5 Å². The van der Waals surface area contributed by atoms with Crippen LogP contribution in [0.25, 0.3) is 0 Å². The first-order valence-corrected chi connectivity index (χ1v) is 4.26. The van der Waals surface area contributed by atoms with Gasteiger partial charge < -0.3 is 4.74 Å². The predicted octanol–water partition coefficient (Wildman–Crippen LogP) is 2.54. The van der Waals surface area contributed by atoms with Gasteiger partial charge in [-0.2, -0.15) is 13.2 Å². The van der Waals surface area contributed by atoms with Crippen molar-refractivity contribution in [2.75, 3.05) is 0 Å². The number of nitro groups is 1. The van der Waals surface area contributed by atoms with Gasteiger partial charge >= 0.3 is 17.8 Å². The number of alkyl halides is 3. The van der Waals surface area contributed by atoms with Gasteiger partial charge in [0.2, 0.25) is 5.75 Å². The molecule has 92 valence electrons.